The van der Waals surface area contributed by atoms with Crippen LogP contribution in [0.5, 0.6) is 0 Å². The van der Waals surface area contributed by atoms with E-state index in [9.17, 15) is 14.4 Å². The number of carbonyl (C=O) groups excluding carboxylic acids is 3. The number of fused-ring (bicyclic) bond motifs is 5. The van der Waals surface area contributed by atoms with E-state index in [0.29, 0.717) is 5.69 Å². The highest BCUT2D eigenvalue weighted by atomic mass is 16.5. The molecule has 0 unspecified atom stereocenters. The van der Waals surface area contributed by atoms with Crippen molar-refractivity contribution >= 4 is 35.2 Å². The Morgan fingerprint density at radius 3 is 2.02 bits per heavy atom. The lowest BCUT2D eigenvalue weighted by Crippen LogP contribution is -2.49. The highest BCUT2D eigenvalue weighted by Gasteiger charge is 2.65. The lowest BCUT2D eigenvalue weighted by atomic mass is 9.88. The van der Waals surface area contributed by atoms with Gasteiger partial charge in [0.1, 0.15) is 6.04 Å². The van der Waals surface area contributed by atoms with Crippen molar-refractivity contribution in [3.63, 3.8) is 0 Å². The van der Waals surface area contributed by atoms with Gasteiger partial charge in [0, 0.05) is 5.69 Å². The Hall–Kier alpha value is -4.97. The quantitative estimate of drug-likeness (QED) is 0.223. The van der Waals surface area contributed by atoms with E-state index in [1.165, 1.54) is 4.90 Å². The predicted molar refractivity (Wildman–Crippen MR) is 162 cm³/mol. The van der Waals surface area contributed by atoms with Gasteiger partial charge in [0.15, 0.2) is 6.10 Å². The SMILES string of the molecule is Cc1ccc(N2C(=O)[C@@H]3[C@H](C2=O)[C@H](C(=O)OC(c2ccccc2)c2ccccc2)N2c4ccccc4C=C[C@H]32)c(C)c1. The van der Waals surface area contributed by atoms with E-state index < -0.39 is 36.0 Å². The molecule has 3 heterocycles. The molecule has 3 aliphatic rings. The first-order valence-corrected chi connectivity index (χ1v) is 14.2. The van der Waals surface area contributed by atoms with Crippen molar-refractivity contribution in [2.75, 3.05) is 9.80 Å². The van der Waals surface area contributed by atoms with Crippen LogP contribution in [0.15, 0.2) is 109 Å². The molecular formula is C36H30N2O4. The van der Waals surface area contributed by atoms with Crippen LogP contribution >= 0.6 is 0 Å². The second kappa shape index (κ2) is 10.1. The van der Waals surface area contributed by atoms with Gasteiger partial charge in [0.05, 0.1) is 23.6 Å². The van der Waals surface area contributed by atoms with Crippen molar-refractivity contribution < 1.29 is 19.1 Å². The minimum Gasteiger partial charge on any atom is -0.451 e. The van der Waals surface area contributed by atoms with Crippen LogP contribution in [-0.4, -0.2) is 29.9 Å². The Morgan fingerprint density at radius 2 is 1.36 bits per heavy atom. The second-order valence-corrected chi connectivity index (χ2v) is 11.3. The van der Waals surface area contributed by atoms with Gasteiger partial charge in [-0.25, -0.2) is 9.69 Å². The van der Waals surface area contributed by atoms with E-state index in [0.717, 1.165) is 33.5 Å². The zero-order valence-corrected chi connectivity index (χ0v) is 23.4. The van der Waals surface area contributed by atoms with Gasteiger partial charge in [-0.3, -0.25) is 9.59 Å². The molecule has 2 fully saturated rings. The first-order valence-electron chi connectivity index (χ1n) is 14.2. The summed E-state index contributed by atoms with van der Waals surface area (Å²) in [6.07, 6.45) is 3.27. The molecule has 6 nitrogen and oxygen atoms in total. The number of carbonyl (C=O) groups is 3. The van der Waals surface area contributed by atoms with E-state index in [2.05, 4.69) is 0 Å². The normalized spacial score (nSPS) is 22.3. The van der Waals surface area contributed by atoms with Crippen molar-refractivity contribution in [1.29, 1.82) is 0 Å². The Labute approximate surface area is 244 Å². The summed E-state index contributed by atoms with van der Waals surface area (Å²) in [5, 5.41) is 0. The zero-order chi connectivity index (χ0) is 29.0. The number of ether oxygens (including phenoxy) is 1. The summed E-state index contributed by atoms with van der Waals surface area (Å²) in [6.45, 7) is 3.87. The van der Waals surface area contributed by atoms with Crippen LogP contribution in [-0.2, 0) is 19.1 Å². The fraction of sp³-hybridized carbons (Fsp3) is 0.194. The number of benzene rings is 4. The van der Waals surface area contributed by atoms with E-state index >= 15 is 0 Å². The molecule has 0 aromatic heterocycles. The van der Waals surface area contributed by atoms with Crippen molar-refractivity contribution in [2.45, 2.75) is 32.0 Å². The molecule has 0 spiro atoms. The Bertz CT molecular complexity index is 1690. The molecule has 0 N–H and O–H groups in total. The maximum atomic E-state index is 14.4. The number of amides is 2. The number of imide groups is 1. The summed E-state index contributed by atoms with van der Waals surface area (Å²) in [6, 6.07) is 31.2. The summed E-state index contributed by atoms with van der Waals surface area (Å²) in [4.78, 5) is 46.1. The van der Waals surface area contributed by atoms with Gasteiger partial charge in [-0.1, -0.05) is 109 Å². The van der Waals surface area contributed by atoms with Crippen molar-refractivity contribution in [3.8, 4) is 0 Å². The molecule has 7 rings (SSSR count). The van der Waals surface area contributed by atoms with Crippen molar-refractivity contribution in [1.82, 2.24) is 0 Å². The van der Waals surface area contributed by atoms with Gasteiger partial charge >= 0.3 is 5.97 Å². The molecule has 4 aromatic rings. The number of anilines is 2. The topological polar surface area (TPSA) is 66.9 Å². The highest BCUT2D eigenvalue weighted by molar-refractivity contribution is 6.25. The minimum atomic E-state index is -0.978. The number of para-hydroxylation sites is 1. The largest absolute Gasteiger partial charge is 0.451 e. The molecule has 208 valence electrons. The van der Waals surface area contributed by atoms with E-state index in [4.69, 9.17) is 4.74 Å². The average molecular weight is 555 g/mol. The van der Waals surface area contributed by atoms with Gasteiger partial charge in [0.2, 0.25) is 11.8 Å². The van der Waals surface area contributed by atoms with E-state index in [-0.39, 0.29) is 11.8 Å². The third-order valence-corrected chi connectivity index (χ3v) is 8.69. The molecule has 6 heteroatoms. The standard InChI is InChI=1S/C36H30N2O4/c1-22-17-19-27(23(2)21-22)38-34(39)30-29-20-18-24-11-9-10-16-28(24)37(29)32(31(30)35(38)40)36(41)42-33(25-12-5-3-6-13-25)26-14-7-4-8-15-26/h3-21,29-33H,1-2H3/t29-,30+,31+,32-/m1/s1. The van der Waals surface area contributed by atoms with Gasteiger partial charge in [0.25, 0.3) is 0 Å². The predicted octanol–water partition coefficient (Wildman–Crippen LogP) is 6.03. The third-order valence-electron chi connectivity index (χ3n) is 8.69. The molecule has 3 aliphatic heterocycles. The lowest BCUT2D eigenvalue weighted by molar-refractivity contribution is -0.151. The summed E-state index contributed by atoms with van der Waals surface area (Å²) in [5.74, 6) is -2.78. The summed E-state index contributed by atoms with van der Waals surface area (Å²) >= 11 is 0. The second-order valence-electron chi connectivity index (χ2n) is 11.3. The maximum absolute atomic E-state index is 14.4. The zero-order valence-electron chi connectivity index (χ0n) is 23.4. The van der Waals surface area contributed by atoms with E-state index in [1.54, 1.807) is 0 Å². The maximum Gasteiger partial charge on any atom is 0.330 e. The molecule has 4 aromatic carbocycles. The molecule has 4 atom stereocenters. The minimum absolute atomic E-state index is 0.283. The molecule has 0 radical (unpaired) electrons. The Morgan fingerprint density at radius 1 is 0.738 bits per heavy atom. The first kappa shape index (κ1) is 26.0. The smallest absolute Gasteiger partial charge is 0.330 e. The number of rotatable bonds is 5. The fourth-order valence-corrected chi connectivity index (χ4v) is 6.85. The van der Waals surface area contributed by atoms with Gasteiger partial charge < -0.3 is 9.64 Å². The molecule has 42 heavy (non-hydrogen) atoms. The van der Waals surface area contributed by atoms with Gasteiger partial charge in [-0.15, -0.1) is 0 Å². The van der Waals surface area contributed by atoms with Gasteiger partial charge in [-0.2, -0.15) is 0 Å². The van der Waals surface area contributed by atoms with Crippen LogP contribution in [0.2, 0.25) is 0 Å². The summed E-state index contributed by atoms with van der Waals surface area (Å²) in [7, 11) is 0. The fourth-order valence-electron chi connectivity index (χ4n) is 6.85. The number of esters is 1. The molecule has 2 amide bonds. The first-order chi connectivity index (χ1) is 20.4. The summed E-state index contributed by atoms with van der Waals surface area (Å²) < 4.78 is 6.36. The number of hydrogen-bond acceptors (Lipinski definition) is 5. The van der Waals surface area contributed by atoms with Crippen LogP contribution < -0.4 is 9.80 Å². The van der Waals surface area contributed by atoms with Crippen LogP contribution in [0.3, 0.4) is 0 Å². The van der Waals surface area contributed by atoms with Crippen LogP contribution in [0.1, 0.15) is 33.9 Å². The number of aryl methyl sites for hydroxylation is 2. The Kier molecular flexibility index (Phi) is 6.27. The Balaban J connectivity index is 1.32. The van der Waals surface area contributed by atoms with Crippen molar-refractivity contribution in [3.05, 3.63) is 137 Å². The third kappa shape index (κ3) is 4.05. The average Bonchev–Trinajstić information content (AvgIpc) is 3.49. The molecular weight excluding hydrogens is 524 g/mol. The van der Waals surface area contributed by atoms with Crippen LogP contribution in [0.25, 0.3) is 6.08 Å². The lowest BCUT2D eigenvalue weighted by Gasteiger charge is -2.36. The summed E-state index contributed by atoms with van der Waals surface area (Å²) in [5.41, 5.74) is 5.85. The van der Waals surface area contributed by atoms with E-state index in [1.807, 2.05) is 134 Å². The number of hydrogen-bond donors (Lipinski definition) is 0. The molecule has 0 saturated carbocycles. The number of nitrogens with zero attached hydrogens (tertiary/aromatic N) is 2. The van der Waals surface area contributed by atoms with Crippen molar-refractivity contribution in [2.24, 2.45) is 11.8 Å². The molecule has 2 saturated heterocycles. The van der Waals surface area contributed by atoms with Gasteiger partial charge in [-0.05, 0) is 48.2 Å². The van der Waals surface area contributed by atoms with Crippen LogP contribution in [0.4, 0.5) is 11.4 Å². The molecule has 0 aliphatic carbocycles. The highest BCUT2D eigenvalue weighted by Crippen LogP contribution is 2.50. The molecule has 0 bridgehead atoms. The van der Waals surface area contributed by atoms with Crippen LogP contribution in [0, 0.1) is 25.7 Å². The monoisotopic (exact) mass is 554 g/mol.